The lowest BCUT2D eigenvalue weighted by Gasteiger charge is -2.57. The second-order valence-corrected chi connectivity index (χ2v) is 24.0. The van der Waals surface area contributed by atoms with E-state index in [1.807, 2.05) is 0 Å². The number of hydrogen-bond acceptors (Lipinski definition) is 13. The normalized spacial score (nSPS) is 22.3. The van der Waals surface area contributed by atoms with Gasteiger partial charge in [0.1, 0.15) is 30.4 Å². The number of carbonyl (C=O) groups is 1. The maximum atomic E-state index is 15.1. The van der Waals surface area contributed by atoms with Gasteiger partial charge in [-0.2, -0.15) is 4.98 Å². The van der Waals surface area contributed by atoms with E-state index in [-0.39, 0.29) is 87.5 Å². The zero-order valence-electron chi connectivity index (χ0n) is 42.7. The molecule has 2 aliphatic carbocycles. The number of fused-ring (bicyclic) bond motifs is 2. The van der Waals surface area contributed by atoms with Crippen molar-refractivity contribution in [2.24, 2.45) is 16.7 Å². The molecule has 2 saturated heterocycles. The Kier molecular flexibility index (Phi) is 13.9. The number of ether oxygens (including phenoxy) is 4. The van der Waals surface area contributed by atoms with Gasteiger partial charge in [-0.3, -0.25) is 19.8 Å². The molecule has 5 aromatic rings. The van der Waals surface area contributed by atoms with E-state index >= 15 is 4.39 Å². The van der Waals surface area contributed by atoms with E-state index in [0.717, 1.165) is 82.7 Å². The van der Waals surface area contributed by atoms with Crippen LogP contribution in [0, 0.1) is 32.7 Å². The SMILES string of the molecule is CO[C@@H](C)COc1nc2[nH]cc(F)c2cc1Oc1cc(N2CCC3(CC2)CN([C@H]2CCC[C@H]2c2ccccc2C(C)C)C3)ccc1C(=O)NS(=O)(=O)c1cc2c(c([N+](=O)[O-])c1)N[C@@H](C1CCC(C)(C)CC1)CO2. The Morgan fingerprint density at radius 1 is 1.00 bits per heavy atom. The number of halogens is 1. The van der Waals surface area contributed by atoms with Crippen LogP contribution in [0.4, 0.5) is 21.5 Å². The smallest absolute Gasteiger partial charge is 0.297 e. The number of amides is 1. The number of rotatable bonds is 15. The molecule has 3 aliphatic heterocycles. The van der Waals surface area contributed by atoms with Crippen LogP contribution in [-0.4, -0.2) is 98.8 Å². The zero-order valence-corrected chi connectivity index (χ0v) is 43.5. The van der Waals surface area contributed by atoms with Gasteiger partial charge in [-0.25, -0.2) is 17.5 Å². The summed E-state index contributed by atoms with van der Waals surface area (Å²) < 4.78 is 69.6. The van der Waals surface area contributed by atoms with Gasteiger partial charge < -0.3 is 34.1 Å². The molecule has 390 valence electrons. The van der Waals surface area contributed by atoms with Crippen LogP contribution in [0.5, 0.6) is 23.1 Å². The minimum Gasteiger partial charge on any atom is -0.489 e. The van der Waals surface area contributed by atoms with Crippen molar-refractivity contribution in [2.75, 3.05) is 56.7 Å². The summed E-state index contributed by atoms with van der Waals surface area (Å²) in [6.45, 7) is 14.7. The van der Waals surface area contributed by atoms with Crippen molar-refractivity contribution in [1.82, 2.24) is 19.6 Å². The Hall–Kier alpha value is -5.98. The fraction of sp³-hybridized carbons (Fsp3) is 0.527. The summed E-state index contributed by atoms with van der Waals surface area (Å²) in [5.41, 5.74) is 3.77. The lowest BCUT2D eigenvalue weighted by atomic mass is 9.70. The van der Waals surface area contributed by atoms with Crippen LogP contribution in [0.2, 0.25) is 0 Å². The first-order valence-electron chi connectivity index (χ1n) is 25.9. The Morgan fingerprint density at radius 2 is 1.75 bits per heavy atom. The van der Waals surface area contributed by atoms with Crippen LogP contribution in [0.1, 0.15) is 126 Å². The molecule has 2 aromatic heterocycles. The number of aromatic nitrogens is 2. The molecule has 1 amide bonds. The number of sulfonamides is 1. The molecule has 73 heavy (non-hydrogen) atoms. The van der Waals surface area contributed by atoms with Gasteiger partial charge in [0, 0.05) is 75.5 Å². The lowest BCUT2D eigenvalue weighted by molar-refractivity contribution is -0.384. The number of piperidine rings is 1. The number of benzene rings is 3. The Morgan fingerprint density at radius 3 is 2.48 bits per heavy atom. The van der Waals surface area contributed by atoms with Crippen molar-refractivity contribution in [1.29, 1.82) is 0 Å². The monoisotopic (exact) mass is 1020 g/mol. The minimum absolute atomic E-state index is 0.00561. The first-order valence-corrected chi connectivity index (χ1v) is 27.4. The van der Waals surface area contributed by atoms with Crippen LogP contribution >= 0.6 is 0 Å². The molecular formula is C55H68FN7O9S. The van der Waals surface area contributed by atoms with Crippen molar-refractivity contribution >= 4 is 44.0 Å². The molecule has 10 rings (SSSR count). The first-order chi connectivity index (χ1) is 34.9. The number of methoxy groups -OCH3 is 1. The van der Waals surface area contributed by atoms with Crippen molar-refractivity contribution in [3.8, 4) is 23.1 Å². The quantitative estimate of drug-likeness (QED) is 0.0664. The Bertz CT molecular complexity index is 2990. The van der Waals surface area contributed by atoms with Gasteiger partial charge in [0.2, 0.25) is 0 Å². The summed E-state index contributed by atoms with van der Waals surface area (Å²) in [6.07, 6.45) is 10.3. The maximum Gasteiger partial charge on any atom is 0.297 e. The van der Waals surface area contributed by atoms with Crippen molar-refractivity contribution < 1.29 is 41.5 Å². The molecule has 16 nitrogen and oxygen atoms in total. The minimum atomic E-state index is -4.75. The van der Waals surface area contributed by atoms with Crippen LogP contribution in [-0.2, 0) is 14.8 Å². The lowest BCUT2D eigenvalue weighted by Crippen LogP contribution is -2.63. The maximum absolute atomic E-state index is 15.1. The summed E-state index contributed by atoms with van der Waals surface area (Å²) in [5, 5.41) is 15.9. The summed E-state index contributed by atoms with van der Waals surface area (Å²) in [4.78, 5) is 38.0. The predicted molar refractivity (Wildman–Crippen MR) is 277 cm³/mol. The fourth-order valence-electron chi connectivity index (χ4n) is 12.1. The average molecular weight is 1020 g/mol. The standard InChI is InChI=1S/C55H68FN7O9S/c1-33(2)38-10-7-8-11-39(38)40-12-9-13-45(40)62-31-55(32-62)20-22-61(23-21-55)36-14-15-41(47(24-36)72-49-27-42-43(56)28-57-51(42)59-53(49)71-29-34(3)69-6)52(64)60-73(67,68)37-25-46(63(65)66)50-48(26-37)70-30-44(58-50)35-16-18-54(4,5)19-17-35/h7-8,10-11,14-15,24-28,33-35,40,44-45,58H,9,12-13,16-23,29-32H2,1-6H3,(H,57,59)(H,60,64)/t34-,40-,44+,45-/m0/s1. The number of nitro groups is 1. The highest BCUT2D eigenvalue weighted by Gasteiger charge is 2.49. The van der Waals surface area contributed by atoms with E-state index < -0.39 is 37.3 Å². The van der Waals surface area contributed by atoms with Gasteiger partial charge in [0.15, 0.2) is 17.2 Å². The molecule has 0 unspecified atom stereocenters. The van der Waals surface area contributed by atoms with Crippen molar-refractivity contribution in [3.05, 3.63) is 99.5 Å². The molecule has 3 aromatic carbocycles. The molecule has 0 radical (unpaired) electrons. The van der Waals surface area contributed by atoms with Gasteiger partial charge >= 0.3 is 0 Å². The Balaban J connectivity index is 0.904. The third kappa shape index (κ3) is 10.3. The summed E-state index contributed by atoms with van der Waals surface area (Å²) >= 11 is 0. The molecule has 4 fully saturated rings. The van der Waals surface area contributed by atoms with E-state index in [1.165, 1.54) is 55.7 Å². The molecule has 5 heterocycles. The van der Waals surface area contributed by atoms with E-state index in [1.54, 1.807) is 19.1 Å². The summed E-state index contributed by atoms with van der Waals surface area (Å²) in [7, 11) is -3.22. The number of nitro benzene ring substituents is 1. The van der Waals surface area contributed by atoms with Crippen LogP contribution in [0.15, 0.2) is 71.8 Å². The summed E-state index contributed by atoms with van der Waals surface area (Å²) in [5.74, 6) is -0.489. The van der Waals surface area contributed by atoms with Gasteiger partial charge in [0.25, 0.3) is 27.5 Å². The highest BCUT2D eigenvalue weighted by atomic mass is 32.2. The number of pyridine rings is 1. The number of anilines is 2. The number of hydrogen-bond donors (Lipinski definition) is 3. The van der Waals surface area contributed by atoms with E-state index in [0.29, 0.717) is 17.9 Å². The topological polar surface area (TPSA) is 190 Å². The number of nitrogens with zero attached hydrogens (tertiary/aromatic N) is 4. The summed E-state index contributed by atoms with van der Waals surface area (Å²) in [6, 6.07) is 17.8. The van der Waals surface area contributed by atoms with Gasteiger partial charge in [0.05, 0.1) is 32.9 Å². The number of nitrogens with one attached hydrogen (secondary N) is 3. The Labute approximate surface area is 426 Å². The largest absolute Gasteiger partial charge is 0.489 e. The molecule has 5 aliphatic rings. The van der Waals surface area contributed by atoms with E-state index in [2.05, 4.69) is 81.8 Å². The molecule has 0 bridgehead atoms. The van der Waals surface area contributed by atoms with Crippen molar-refractivity contribution in [3.63, 3.8) is 0 Å². The number of carbonyl (C=O) groups excluding carboxylic acids is 1. The van der Waals surface area contributed by atoms with Gasteiger partial charge in [-0.15, -0.1) is 0 Å². The first kappa shape index (κ1) is 50.5. The van der Waals surface area contributed by atoms with E-state index in [9.17, 15) is 23.3 Å². The fourth-order valence-corrected chi connectivity index (χ4v) is 13.1. The molecular weight excluding hydrogens is 954 g/mol. The average Bonchev–Trinajstić information content (AvgIpc) is 4.00. The number of likely N-dealkylation sites (tertiary alicyclic amines) is 1. The molecule has 18 heteroatoms. The third-order valence-electron chi connectivity index (χ3n) is 16.6. The zero-order chi connectivity index (χ0) is 51.4. The second-order valence-electron chi connectivity index (χ2n) is 22.3. The number of aromatic amines is 1. The van der Waals surface area contributed by atoms with Crippen LogP contribution in [0.3, 0.4) is 0 Å². The molecule has 2 saturated carbocycles. The molecule has 1 spiro atoms. The van der Waals surface area contributed by atoms with E-state index in [4.69, 9.17) is 18.9 Å². The molecule has 3 N–H and O–H groups in total. The van der Waals surface area contributed by atoms with Gasteiger partial charge in [-0.05, 0) is 110 Å². The number of H-pyrrole nitrogens is 1. The highest BCUT2D eigenvalue weighted by Crippen LogP contribution is 2.50. The highest BCUT2D eigenvalue weighted by molar-refractivity contribution is 7.90. The van der Waals surface area contributed by atoms with Crippen LogP contribution in [0.25, 0.3) is 11.0 Å². The van der Waals surface area contributed by atoms with Crippen LogP contribution < -0.4 is 29.1 Å². The predicted octanol–water partition coefficient (Wildman–Crippen LogP) is 10.7. The molecule has 4 atom stereocenters. The third-order valence-corrected chi connectivity index (χ3v) is 17.9. The van der Waals surface area contributed by atoms with Gasteiger partial charge in [-0.1, -0.05) is 58.4 Å². The van der Waals surface area contributed by atoms with Crippen molar-refractivity contribution in [2.45, 2.75) is 127 Å². The second kappa shape index (κ2) is 20.0.